The summed E-state index contributed by atoms with van der Waals surface area (Å²) < 4.78 is 6.22. The Hall–Kier alpha value is -3.95. The Kier molecular flexibility index (Phi) is 4.71. The van der Waals surface area contributed by atoms with Crippen molar-refractivity contribution < 1.29 is 19.2 Å². The number of furan rings is 1. The van der Waals surface area contributed by atoms with E-state index in [1.54, 1.807) is 31.2 Å². The average Bonchev–Trinajstić information content (AvgIpc) is 3.11. The number of benzene rings is 1. The lowest BCUT2D eigenvalue weighted by Gasteiger charge is -2.12. The zero-order valence-electron chi connectivity index (χ0n) is 14.1. The first-order valence-corrected chi connectivity index (χ1v) is 7.86. The van der Waals surface area contributed by atoms with Gasteiger partial charge in [0.1, 0.15) is 16.2 Å². The molecular weight excluding hydrogens is 356 g/mol. The standard InChI is InChI=1S/C17H14N4O6/c1-2-20-12-6-4-3-5-11(12)15(22)14(17(20)24)16(23)19-18-9-10-7-8-13(27-10)21(25)26/h3-9,22H,2H2,1H3,(H,19,23)/b18-9+. The van der Waals surface area contributed by atoms with Crippen LogP contribution in [0.25, 0.3) is 10.9 Å². The number of nitrogens with one attached hydrogen (secondary N) is 1. The van der Waals surface area contributed by atoms with E-state index < -0.39 is 33.6 Å². The van der Waals surface area contributed by atoms with Crippen LogP contribution < -0.4 is 11.0 Å². The number of carbonyl (C=O) groups is 1. The van der Waals surface area contributed by atoms with Crippen molar-refractivity contribution in [3.05, 3.63) is 68.2 Å². The predicted octanol–water partition coefficient (Wildman–Crippen LogP) is 1.99. The van der Waals surface area contributed by atoms with Gasteiger partial charge in [0, 0.05) is 11.9 Å². The van der Waals surface area contributed by atoms with Crippen LogP contribution in [0.5, 0.6) is 5.75 Å². The van der Waals surface area contributed by atoms with Gasteiger partial charge in [0.25, 0.3) is 11.5 Å². The van der Waals surface area contributed by atoms with Crippen molar-refractivity contribution in [3.8, 4) is 5.75 Å². The van der Waals surface area contributed by atoms with E-state index in [2.05, 4.69) is 10.5 Å². The first-order valence-electron chi connectivity index (χ1n) is 7.86. The number of carbonyl (C=O) groups excluding carboxylic acids is 1. The van der Waals surface area contributed by atoms with Gasteiger partial charge >= 0.3 is 5.88 Å². The monoisotopic (exact) mass is 370 g/mol. The van der Waals surface area contributed by atoms with Gasteiger partial charge in [-0.25, -0.2) is 5.43 Å². The van der Waals surface area contributed by atoms with Crippen molar-refractivity contribution in [2.75, 3.05) is 0 Å². The molecule has 1 amide bonds. The average molecular weight is 370 g/mol. The number of nitrogens with zero attached hydrogens (tertiary/aromatic N) is 3. The molecule has 3 rings (SSSR count). The second kappa shape index (κ2) is 7.12. The Morgan fingerprint density at radius 3 is 2.78 bits per heavy atom. The maximum atomic E-state index is 12.6. The summed E-state index contributed by atoms with van der Waals surface area (Å²) in [6, 6.07) is 9.10. The number of aryl methyl sites for hydroxylation is 1. The van der Waals surface area contributed by atoms with Gasteiger partial charge in [-0.1, -0.05) is 12.1 Å². The van der Waals surface area contributed by atoms with E-state index in [1.807, 2.05) is 0 Å². The van der Waals surface area contributed by atoms with E-state index in [0.717, 1.165) is 12.3 Å². The fraction of sp³-hybridized carbons (Fsp3) is 0.118. The SMILES string of the molecule is CCn1c(=O)c(C(=O)N/N=C/c2ccc([N+](=O)[O-])o2)c(O)c2ccccc21. The largest absolute Gasteiger partial charge is 0.506 e. The van der Waals surface area contributed by atoms with Gasteiger partial charge in [0.2, 0.25) is 0 Å². The lowest BCUT2D eigenvalue weighted by molar-refractivity contribution is -0.402. The second-order valence-electron chi connectivity index (χ2n) is 5.42. The van der Waals surface area contributed by atoms with Crippen molar-refractivity contribution in [1.29, 1.82) is 0 Å². The Labute approximate surface area is 151 Å². The maximum Gasteiger partial charge on any atom is 0.433 e. The summed E-state index contributed by atoms with van der Waals surface area (Å²) in [6.07, 6.45) is 1.04. The molecule has 0 aliphatic carbocycles. The molecule has 0 unspecified atom stereocenters. The summed E-state index contributed by atoms with van der Waals surface area (Å²) >= 11 is 0. The Balaban J connectivity index is 1.92. The fourth-order valence-corrected chi connectivity index (χ4v) is 2.63. The summed E-state index contributed by atoms with van der Waals surface area (Å²) in [6.45, 7) is 2.05. The van der Waals surface area contributed by atoms with Crippen LogP contribution in [0.4, 0.5) is 5.88 Å². The third kappa shape index (κ3) is 3.27. The molecule has 10 heteroatoms. The van der Waals surface area contributed by atoms with Gasteiger partial charge in [-0.3, -0.25) is 19.7 Å². The molecule has 0 aliphatic heterocycles. The van der Waals surface area contributed by atoms with Crippen molar-refractivity contribution in [2.24, 2.45) is 5.10 Å². The third-order valence-corrected chi connectivity index (χ3v) is 3.84. The van der Waals surface area contributed by atoms with E-state index in [0.29, 0.717) is 17.4 Å². The normalized spacial score (nSPS) is 11.1. The Bertz CT molecular complexity index is 1130. The molecule has 10 nitrogen and oxygen atoms in total. The molecule has 27 heavy (non-hydrogen) atoms. The second-order valence-corrected chi connectivity index (χ2v) is 5.42. The molecule has 0 spiro atoms. The summed E-state index contributed by atoms with van der Waals surface area (Å²) in [7, 11) is 0. The number of para-hydroxylation sites is 1. The first kappa shape index (κ1) is 17.9. The zero-order chi connectivity index (χ0) is 19.6. The maximum absolute atomic E-state index is 12.6. The number of pyridine rings is 1. The smallest absolute Gasteiger partial charge is 0.433 e. The third-order valence-electron chi connectivity index (χ3n) is 3.84. The molecule has 3 aromatic rings. The van der Waals surface area contributed by atoms with Gasteiger partial charge in [0.15, 0.2) is 5.76 Å². The van der Waals surface area contributed by atoms with Crippen LogP contribution in [0.15, 0.2) is 50.7 Å². The Morgan fingerprint density at radius 1 is 1.37 bits per heavy atom. The lowest BCUT2D eigenvalue weighted by atomic mass is 10.1. The number of nitro groups is 1. The number of hydrazone groups is 1. The van der Waals surface area contributed by atoms with Crippen molar-refractivity contribution in [2.45, 2.75) is 13.5 Å². The number of aromatic nitrogens is 1. The topological polar surface area (TPSA) is 140 Å². The number of hydrogen-bond acceptors (Lipinski definition) is 7. The highest BCUT2D eigenvalue weighted by molar-refractivity contribution is 6.02. The molecule has 0 atom stereocenters. The molecule has 0 bridgehead atoms. The van der Waals surface area contributed by atoms with E-state index in [-0.39, 0.29) is 5.76 Å². The van der Waals surface area contributed by atoms with Crippen LogP contribution >= 0.6 is 0 Å². The molecule has 0 radical (unpaired) electrons. The number of fused-ring (bicyclic) bond motifs is 1. The van der Waals surface area contributed by atoms with Gasteiger partial charge in [0.05, 0.1) is 17.8 Å². The molecule has 2 N–H and O–H groups in total. The molecule has 2 aromatic heterocycles. The molecular formula is C17H14N4O6. The van der Waals surface area contributed by atoms with Crippen LogP contribution in [0.1, 0.15) is 23.0 Å². The fourth-order valence-electron chi connectivity index (χ4n) is 2.63. The van der Waals surface area contributed by atoms with E-state index in [4.69, 9.17) is 4.42 Å². The quantitative estimate of drug-likeness (QED) is 0.400. The van der Waals surface area contributed by atoms with Crippen molar-refractivity contribution >= 4 is 28.9 Å². The zero-order valence-corrected chi connectivity index (χ0v) is 14.1. The summed E-state index contributed by atoms with van der Waals surface area (Å²) in [5, 5.41) is 24.9. The molecule has 2 heterocycles. The van der Waals surface area contributed by atoms with Crippen LogP contribution in [0.3, 0.4) is 0 Å². The predicted molar refractivity (Wildman–Crippen MR) is 96.0 cm³/mol. The van der Waals surface area contributed by atoms with E-state index >= 15 is 0 Å². The van der Waals surface area contributed by atoms with Crippen molar-refractivity contribution in [3.63, 3.8) is 0 Å². The number of hydrogen-bond donors (Lipinski definition) is 2. The minimum Gasteiger partial charge on any atom is -0.506 e. The molecule has 1 aromatic carbocycles. The van der Waals surface area contributed by atoms with Gasteiger partial charge in [-0.2, -0.15) is 5.10 Å². The van der Waals surface area contributed by atoms with Gasteiger partial charge < -0.3 is 14.1 Å². The van der Waals surface area contributed by atoms with E-state index in [1.165, 1.54) is 10.6 Å². The number of aromatic hydroxyl groups is 1. The van der Waals surface area contributed by atoms with Crippen LogP contribution in [-0.4, -0.2) is 26.7 Å². The summed E-state index contributed by atoms with van der Waals surface area (Å²) in [5.74, 6) is -1.79. The van der Waals surface area contributed by atoms with E-state index in [9.17, 15) is 24.8 Å². The minimum atomic E-state index is -0.914. The minimum absolute atomic E-state index is 0.0377. The molecule has 0 aliphatic rings. The molecule has 0 saturated heterocycles. The Morgan fingerprint density at radius 2 is 2.11 bits per heavy atom. The van der Waals surface area contributed by atoms with Crippen LogP contribution in [0, 0.1) is 10.1 Å². The molecule has 0 fully saturated rings. The van der Waals surface area contributed by atoms with Gasteiger partial charge in [-0.15, -0.1) is 0 Å². The molecule has 138 valence electrons. The molecule has 0 saturated carbocycles. The number of rotatable bonds is 5. The first-order chi connectivity index (χ1) is 12.9. The highest BCUT2D eigenvalue weighted by Crippen LogP contribution is 2.26. The highest BCUT2D eigenvalue weighted by Gasteiger charge is 2.21. The van der Waals surface area contributed by atoms with Crippen LogP contribution in [0.2, 0.25) is 0 Å². The van der Waals surface area contributed by atoms with Crippen LogP contribution in [-0.2, 0) is 6.54 Å². The van der Waals surface area contributed by atoms with Crippen molar-refractivity contribution in [1.82, 2.24) is 9.99 Å². The summed E-state index contributed by atoms with van der Waals surface area (Å²) in [4.78, 5) is 34.8. The highest BCUT2D eigenvalue weighted by atomic mass is 16.6. The van der Waals surface area contributed by atoms with Gasteiger partial charge in [-0.05, 0) is 25.1 Å². The number of amides is 1. The lowest BCUT2D eigenvalue weighted by Crippen LogP contribution is -2.31. The summed E-state index contributed by atoms with van der Waals surface area (Å²) in [5.41, 5.74) is 1.51.